The average Bonchev–Trinajstić information content (AvgIpc) is 2.67. The van der Waals surface area contributed by atoms with Crippen molar-refractivity contribution < 1.29 is 45.7 Å². The second-order valence-corrected chi connectivity index (χ2v) is 10.7. The summed E-state index contributed by atoms with van der Waals surface area (Å²) < 4.78 is 69.0. The number of nitrogens with zero attached hydrogens (tertiary/aromatic N) is 1. The summed E-state index contributed by atoms with van der Waals surface area (Å²) >= 11 is 5.81. The van der Waals surface area contributed by atoms with Crippen molar-refractivity contribution in [3.8, 4) is 5.75 Å². The van der Waals surface area contributed by atoms with Gasteiger partial charge in [-0.2, -0.15) is 8.78 Å². The van der Waals surface area contributed by atoms with Gasteiger partial charge in [0.25, 0.3) is 0 Å². The third-order valence-electron chi connectivity index (χ3n) is 3.55. The van der Waals surface area contributed by atoms with Crippen molar-refractivity contribution in [1.29, 1.82) is 0 Å². The third-order valence-corrected chi connectivity index (χ3v) is 8.07. The van der Waals surface area contributed by atoms with Gasteiger partial charge in [-0.15, -0.1) is 0 Å². The minimum atomic E-state index is -6.14. The number of esters is 2. The number of hydrogen-bond acceptors (Lipinski definition) is 9. The SMILES string of the molecule is O=C(Oc1cccc(C(=O)OCC(F)(F)S(=O)(=O)[O-])c1[N+](=O)[O-])c1cc(I)cc(I)c1I. The molecule has 0 unspecified atom stereocenters. The van der Waals surface area contributed by atoms with E-state index in [9.17, 15) is 41.5 Å². The van der Waals surface area contributed by atoms with Crippen molar-refractivity contribution in [1.82, 2.24) is 0 Å². The van der Waals surface area contributed by atoms with Crippen LogP contribution in [0.25, 0.3) is 0 Å². The number of ether oxygens (including phenoxy) is 2. The zero-order valence-electron chi connectivity index (χ0n) is 15.0. The molecule has 2 aromatic carbocycles. The molecule has 0 N–H and O–H groups in total. The molecule has 0 aromatic heterocycles. The highest BCUT2D eigenvalue weighted by Crippen LogP contribution is 2.33. The summed E-state index contributed by atoms with van der Waals surface area (Å²) in [5, 5.41) is 6.56. The maximum atomic E-state index is 13.2. The highest BCUT2D eigenvalue weighted by molar-refractivity contribution is 14.1. The molecular weight excluding hydrogens is 801 g/mol. The number of hydrogen-bond donors (Lipinski definition) is 0. The van der Waals surface area contributed by atoms with Gasteiger partial charge in [0.15, 0.2) is 16.7 Å². The lowest BCUT2D eigenvalue weighted by Crippen LogP contribution is -2.34. The molecule has 2 rings (SSSR count). The number of para-hydroxylation sites is 1. The van der Waals surface area contributed by atoms with Crippen LogP contribution in [0.5, 0.6) is 5.75 Å². The molecule has 0 amide bonds. The summed E-state index contributed by atoms with van der Waals surface area (Å²) in [6.07, 6.45) is 0. The van der Waals surface area contributed by atoms with Crippen LogP contribution in [-0.4, -0.2) is 41.7 Å². The number of alkyl halides is 2. The zero-order valence-corrected chi connectivity index (χ0v) is 22.3. The Bertz CT molecular complexity index is 1220. The molecular formula is C16H7F2I3NO9S-. The van der Waals surface area contributed by atoms with Crippen molar-refractivity contribution in [3.63, 3.8) is 0 Å². The fourth-order valence-corrected chi connectivity index (χ4v) is 4.70. The largest absolute Gasteiger partial charge is 0.743 e. The van der Waals surface area contributed by atoms with Crippen LogP contribution < -0.4 is 4.74 Å². The van der Waals surface area contributed by atoms with E-state index in [4.69, 9.17) is 4.74 Å². The van der Waals surface area contributed by atoms with E-state index in [1.807, 2.05) is 67.8 Å². The first-order valence-corrected chi connectivity index (χ1v) is 12.4. The zero-order chi connectivity index (χ0) is 24.4. The predicted molar refractivity (Wildman–Crippen MR) is 128 cm³/mol. The van der Waals surface area contributed by atoms with Gasteiger partial charge in [0.1, 0.15) is 5.56 Å². The fraction of sp³-hybridized carbons (Fsp3) is 0.125. The quantitative estimate of drug-likeness (QED) is 0.0771. The van der Waals surface area contributed by atoms with E-state index in [1.54, 1.807) is 6.07 Å². The van der Waals surface area contributed by atoms with Crippen LogP contribution in [0.4, 0.5) is 14.5 Å². The van der Waals surface area contributed by atoms with E-state index >= 15 is 0 Å². The van der Waals surface area contributed by atoms with Crippen LogP contribution >= 0.6 is 67.8 Å². The summed E-state index contributed by atoms with van der Waals surface area (Å²) in [6.45, 7) is -2.15. The van der Waals surface area contributed by atoms with Gasteiger partial charge in [0.05, 0.1) is 10.5 Å². The minimum absolute atomic E-state index is 0.0875. The van der Waals surface area contributed by atoms with Crippen molar-refractivity contribution >= 4 is 95.5 Å². The van der Waals surface area contributed by atoms with Gasteiger partial charge < -0.3 is 14.0 Å². The molecule has 0 saturated carbocycles. The third kappa shape index (κ3) is 6.20. The molecule has 32 heavy (non-hydrogen) atoms. The van der Waals surface area contributed by atoms with Crippen LogP contribution in [0.2, 0.25) is 0 Å². The summed E-state index contributed by atoms with van der Waals surface area (Å²) in [4.78, 5) is 35.1. The number of rotatable bonds is 7. The normalized spacial score (nSPS) is 11.7. The Morgan fingerprint density at radius 1 is 1.09 bits per heavy atom. The molecule has 172 valence electrons. The van der Waals surface area contributed by atoms with Gasteiger partial charge in [-0.25, -0.2) is 18.0 Å². The minimum Gasteiger partial charge on any atom is -0.743 e. The molecule has 0 bridgehead atoms. The van der Waals surface area contributed by atoms with Crippen LogP contribution in [-0.2, 0) is 14.9 Å². The highest BCUT2D eigenvalue weighted by atomic mass is 127. The number of carbonyl (C=O) groups excluding carboxylic acids is 2. The van der Waals surface area contributed by atoms with Crippen molar-refractivity contribution in [3.05, 3.63) is 62.3 Å². The van der Waals surface area contributed by atoms with E-state index in [1.165, 1.54) is 6.07 Å². The van der Waals surface area contributed by atoms with Crippen molar-refractivity contribution in [2.75, 3.05) is 6.61 Å². The van der Waals surface area contributed by atoms with Crippen LogP contribution in [0.15, 0.2) is 30.3 Å². The molecule has 0 aliphatic rings. The lowest BCUT2D eigenvalue weighted by molar-refractivity contribution is -0.386. The predicted octanol–water partition coefficient (Wildman–Crippen LogP) is 3.92. The molecule has 16 heteroatoms. The number of nitro groups is 1. The molecule has 0 heterocycles. The van der Waals surface area contributed by atoms with Gasteiger partial charge in [-0.1, -0.05) is 6.07 Å². The Hall–Kier alpha value is -1.26. The summed E-state index contributed by atoms with van der Waals surface area (Å²) in [5.74, 6) is -3.39. The van der Waals surface area contributed by atoms with Crippen LogP contribution in [0.3, 0.4) is 0 Å². The topological polar surface area (TPSA) is 153 Å². The molecule has 0 aliphatic heterocycles. The fourth-order valence-electron chi connectivity index (χ4n) is 2.12. The second-order valence-electron chi connectivity index (χ2n) is 5.72. The first-order valence-electron chi connectivity index (χ1n) is 7.80. The number of nitro benzene ring substituents is 1. The number of halogens is 5. The lowest BCUT2D eigenvalue weighted by atomic mass is 10.1. The average molecular weight is 808 g/mol. The van der Waals surface area contributed by atoms with E-state index in [2.05, 4.69) is 4.74 Å². The maximum Gasteiger partial charge on any atom is 0.367 e. The van der Waals surface area contributed by atoms with Crippen LogP contribution in [0, 0.1) is 20.8 Å². The standard InChI is InChI=1S/C16H8F2I3NO9S/c17-16(18,32(27,28)29)6-30-14(23)8-2-1-3-11(13(8)22(25)26)31-15(24)9-4-7(19)5-10(20)12(9)21/h1-5H,6H2,(H,27,28,29)/p-1. The second kappa shape index (κ2) is 10.3. The Morgan fingerprint density at radius 3 is 2.28 bits per heavy atom. The van der Waals surface area contributed by atoms with Gasteiger partial charge in [-0.3, -0.25) is 10.1 Å². The molecule has 2 aromatic rings. The van der Waals surface area contributed by atoms with Crippen molar-refractivity contribution in [2.24, 2.45) is 0 Å². The van der Waals surface area contributed by atoms with Crippen LogP contribution in [0.1, 0.15) is 20.7 Å². The van der Waals surface area contributed by atoms with Gasteiger partial charge >= 0.3 is 22.9 Å². The van der Waals surface area contributed by atoms with E-state index in [0.29, 0.717) is 10.7 Å². The smallest absolute Gasteiger partial charge is 0.367 e. The summed E-state index contributed by atoms with van der Waals surface area (Å²) in [7, 11) is -6.14. The Labute approximate surface area is 219 Å². The molecule has 0 spiro atoms. The molecule has 0 radical (unpaired) electrons. The maximum absolute atomic E-state index is 13.2. The Morgan fingerprint density at radius 2 is 1.72 bits per heavy atom. The number of benzene rings is 2. The van der Waals surface area contributed by atoms with Gasteiger partial charge in [-0.05, 0) is 92.0 Å². The Balaban J connectivity index is 2.39. The molecule has 0 saturated heterocycles. The van der Waals surface area contributed by atoms with Gasteiger partial charge in [0, 0.05) is 10.7 Å². The first kappa shape index (κ1) is 27.0. The van der Waals surface area contributed by atoms with E-state index < -0.39 is 55.8 Å². The molecule has 0 aliphatic carbocycles. The molecule has 0 atom stereocenters. The van der Waals surface area contributed by atoms with Gasteiger partial charge in [0.2, 0.25) is 5.75 Å². The molecule has 10 nitrogen and oxygen atoms in total. The number of carbonyl (C=O) groups is 2. The highest BCUT2D eigenvalue weighted by Gasteiger charge is 2.40. The van der Waals surface area contributed by atoms with E-state index in [0.717, 1.165) is 18.2 Å². The monoisotopic (exact) mass is 808 g/mol. The Kier molecular flexibility index (Phi) is 8.72. The summed E-state index contributed by atoms with van der Waals surface area (Å²) in [5.41, 5.74) is -1.88. The van der Waals surface area contributed by atoms with Crippen molar-refractivity contribution in [2.45, 2.75) is 5.25 Å². The molecule has 0 fully saturated rings. The first-order chi connectivity index (χ1) is 14.7. The summed E-state index contributed by atoms with van der Waals surface area (Å²) in [6, 6.07) is 6.12. The lowest BCUT2D eigenvalue weighted by Gasteiger charge is -2.19. The van der Waals surface area contributed by atoms with E-state index in [-0.39, 0.29) is 5.56 Å².